The molecule has 0 bridgehead atoms. The fourth-order valence-corrected chi connectivity index (χ4v) is 6.99. The van der Waals surface area contributed by atoms with Gasteiger partial charge in [-0.25, -0.2) is 0 Å². The van der Waals surface area contributed by atoms with E-state index < -0.39 is 4.92 Å². The van der Waals surface area contributed by atoms with Gasteiger partial charge in [-0.3, -0.25) is 29.2 Å². The summed E-state index contributed by atoms with van der Waals surface area (Å²) in [5.74, 6) is -0.237. The summed E-state index contributed by atoms with van der Waals surface area (Å²) in [6.07, 6.45) is 3.54. The van der Waals surface area contributed by atoms with Gasteiger partial charge in [0, 0.05) is 31.1 Å². The van der Waals surface area contributed by atoms with E-state index in [9.17, 15) is 19.7 Å². The molecule has 1 saturated heterocycles. The average molecular weight is 541 g/mol. The first-order valence-electron chi connectivity index (χ1n) is 10.2. The minimum absolute atomic E-state index is 0.0220. The van der Waals surface area contributed by atoms with Crippen LogP contribution in [0.25, 0.3) is 16.7 Å². The number of aromatic nitrogens is 1. The van der Waals surface area contributed by atoms with Crippen molar-refractivity contribution in [2.45, 2.75) is 4.90 Å². The summed E-state index contributed by atoms with van der Waals surface area (Å²) in [7, 11) is 3.45. The lowest BCUT2D eigenvalue weighted by Crippen LogP contribution is -2.31. The second-order valence-corrected chi connectivity index (χ2v) is 11.3. The molecule has 0 spiro atoms. The molecule has 2 aliphatic heterocycles. The highest BCUT2D eigenvalue weighted by Crippen LogP contribution is 2.46. The molecule has 35 heavy (non-hydrogen) atoms. The first kappa shape index (κ1) is 23.5. The number of amides is 1. The highest BCUT2D eigenvalue weighted by Gasteiger charge is 2.31. The van der Waals surface area contributed by atoms with Crippen LogP contribution < -0.4 is 19.7 Å². The molecule has 3 aromatic rings. The number of hydrogen-bond acceptors (Lipinski definition) is 9. The van der Waals surface area contributed by atoms with Crippen LogP contribution in [0, 0.1) is 10.1 Å². The van der Waals surface area contributed by atoms with E-state index in [0.29, 0.717) is 24.1 Å². The van der Waals surface area contributed by atoms with Gasteiger partial charge in [-0.15, -0.1) is 11.3 Å². The monoisotopic (exact) mass is 540 g/mol. The van der Waals surface area contributed by atoms with Crippen LogP contribution in [0.4, 0.5) is 11.4 Å². The van der Waals surface area contributed by atoms with Gasteiger partial charge in [-0.2, -0.15) is 0 Å². The molecule has 0 saturated carbocycles. The summed E-state index contributed by atoms with van der Waals surface area (Å²) in [4.78, 5) is 41.6. The Morgan fingerprint density at radius 3 is 2.40 bits per heavy atom. The third-order valence-electron chi connectivity index (χ3n) is 5.43. The van der Waals surface area contributed by atoms with E-state index in [0.717, 1.165) is 15.6 Å². The Bertz CT molecular complexity index is 1630. The van der Waals surface area contributed by atoms with Crippen molar-refractivity contribution in [1.29, 1.82) is 0 Å². The van der Waals surface area contributed by atoms with Crippen LogP contribution in [-0.2, 0) is 4.79 Å². The molecule has 1 fully saturated rings. The van der Waals surface area contributed by atoms with Crippen molar-refractivity contribution in [2.24, 2.45) is 0 Å². The van der Waals surface area contributed by atoms with Gasteiger partial charge in [-0.1, -0.05) is 53.9 Å². The molecule has 0 unspecified atom stereocenters. The molecule has 0 N–H and O–H groups in total. The molecular weight excluding hydrogens is 525 g/mol. The van der Waals surface area contributed by atoms with Crippen LogP contribution >= 0.6 is 47.1 Å². The largest absolute Gasteiger partial charge is 0.338 e. The Morgan fingerprint density at radius 2 is 1.74 bits per heavy atom. The number of thiocarbonyl (C=S) groups is 1. The predicted molar refractivity (Wildman–Crippen MR) is 145 cm³/mol. The third-order valence-corrected chi connectivity index (χ3v) is 9.40. The average Bonchev–Trinajstić information content (AvgIpc) is 3.44. The molecule has 0 radical (unpaired) electrons. The lowest BCUT2D eigenvalue weighted by atomic mass is 10.2. The molecule has 2 aliphatic rings. The quantitative estimate of drug-likeness (QED) is 0.284. The number of nitro benzene ring substituents is 1. The standard InChI is InChI=1S/C23H16N4O4S4/c1-24-15-12-14(27(30)31)8-9-16(15)33-18(24)11-10-17-20(28)26(13-6-4-3-5-7-13)22(34-17)19-21(29)25(2)23(32)35-19/h3-12H,1-2H3/b17-10-,18-11+,22-19-. The number of carbonyl (C=O) groups is 1. The number of benzene rings is 2. The lowest BCUT2D eigenvalue weighted by molar-refractivity contribution is -0.384. The number of rotatable bonds is 3. The van der Waals surface area contributed by atoms with Crippen LogP contribution in [0.2, 0.25) is 0 Å². The van der Waals surface area contributed by atoms with E-state index in [1.807, 2.05) is 48.4 Å². The van der Waals surface area contributed by atoms with Gasteiger partial charge in [0.05, 0.1) is 25.9 Å². The van der Waals surface area contributed by atoms with Crippen LogP contribution in [0.5, 0.6) is 0 Å². The molecule has 1 aromatic heterocycles. The molecular formula is C23H16N4O4S4. The van der Waals surface area contributed by atoms with Crippen LogP contribution in [0.1, 0.15) is 0 Å². The molecule has 3 heterocycles. The van der Waals surface area contributed by atoms with E-state index in [4.69, 9.17) is 12.2 Å². The number of non-ortho nitro benzene ring substituents is 1. The first-order valence-corrected chi connectivity index (χ1v) is 13.1. The van der Waals surface area contributed by atoms with Gasteiger partial charge in [-0.05, 0) is 30.4 Å². The highest BCUT2D eigenvalue weighted by atomic mass is 32.2. The minimum atomic E-state index is -0.422. The Hall–Kier alpha value is -3.19. The van der Waals surface area contributed by atoms with Gasteiger partial charge < -0.3 is 4.90 Å². The molecule has 2 aromatic carbocycles. The second-order valence-electron chi connectivity index (χ2n) is 7.55. The third kappa shape index (κ3) is 4.12. The number of allylic oxidation sites excluding steroid dienone is 1. The minimum Gasteiger partial charge on any atom is -0.338 e. The van der Waals surface area contributed by atoms with Gasteiger partial charge in [0.1, 0.15) is 13.9 Å². The van der Waals surface area contributed by atoms with E-state index in [1.54, 1.807) is 23.8 Å². The van der Waals surface area contributed by atoms with Crippen LogP contribution in [-0.4, -0.2) is 38.7 Å². The number of anilines is 1. The first-order chi connectivity index (χ1) is 16.8. The maximum atomic E-state index is 13.5. The zero-order valence-corrected chi connectivity index (χ0v) is 21.6. The van der Waals surface area contributed by atoms with Crippen LogP contribution in [0.3, 0.4) is 0 Å². The maximum Gasteiger partial charge on any atom is 0.273 e. The summed E-state index contributed by atoms with van der Waals surface area (Å²) >= 11 is 9.17. The zero-order valence-electron chi connectivity index (χ0n) is 18.3. The second kappa shape index (κ2) is 9.11. The Morgan fingerprint density at radius 1 is 1.00 bits per heavy atom. The van der Waals surface area contributed by atoms with Gasteiger partial charge in [0.2, 0.25) is 0 Å². The van der Waals surface area contributed by atoms with Crippen molar-refractivity contribution in [2.75, 3.05) is 19.0 Å². The lowest BCUT2D eigenvalue weighted by Gasteiger charge is -2.12. The molecule has 8 nitrogen and oxygen atoms in total. The van der Waals surface area contributed by atoms with Crippen LogP contribution in [0.15, 0.2) is 69.3 Å². The fourth-order valence-electron chi connectivity index (χ4n) is 3.59. The number of nitro groups is 1. The van der Waals surface area contributed by atoms with Crippen molar-refractivity contribution in [1.82, 2.24) is 9.47 Å². The molecule has 176 valence electrons. The zero-order chi connectivity index (χ0) is 24.9. The van der Waals surface area contributed by atoms with Crippen molar-refractivity contribution in [3.63, 3.8) is 0 Å². The molecule has 1 amide bonds. The van der Waals surface area contributed by atoms with Crippen molar-refractivity contribution >= 4 is 79.7 Å². The van der Waals surface area contributed by atoms with Crippen molar-refractivity contribution < 1.29 is 9.72 Å². The Balaban J connectivity index is 1.65. The number of thiazole rings is 1. The van der Waals surface area contributed by atoms with E-state index in [1.165, 1.54) is 51.9 Å². The van der Waals surface area contributed by atoms with E-state index in [-0.39, 0.29) is 17.2 Å². The summed E-state index contributed by atoms with van der Waals surface area (Å²) in [6, 6.07) is 13.9. The molecule has 0 aliphatic carbocycles. The van der Waals surface area contributed by atoms with Gasteiger partial charge in [0.15, 0.2) is 0 Å². The Labute approximate surface area is 217 Å². The number of para-hydroxylation sites is 1. The Kier molecular flexibility index (Phi) is 6.13. The SMILES string of the molecule is CN1C(=O)/C(=c2/s/c(=C\C=C3\Sc4ccc([N+](=O)[O-])cc4N3C)c(=O)n2-c2ccccc2)SC1=S. The summed E-state index contributed by atoms with van der Waals surface area (Å²) in [6.45, 7) is 0. The normalized spacial score (nSPS) is 18.7. The molecule has 0 atom stereocenters. The molecule has 12 heteroatoms. The number of fused-ring (bicyclic) bond motifs is 1. The van der Waals surface area contributed by atoms with E-state index in [2.05, 4.69) is 0 Å². The summed E-state index contributed by atoms with van der Waals surface area (Å²) < 4.78 is 2.96. The number of thioether (sulfide) groups is 2. The van der Waals surface area contributed by atoms with Crippen molar-refractivity contribution in [3.8, 4) is 5.69 Å². The topological polar surface area (TPSA) is 88.7 Å². The maximum absolute atomic E-state index is 13.5. The number of nitrogens with zero attached hydrogens (tertiary/aromatic N) is 4. The smallest absolute Gasteiger partial charge is 0.273 e. The van der Waals surface area contributed by atoms with E-state index >= 15 is 0 Å². The number of carbonyl (C=O) groups excluding carboxylic acids is 1. The molecule has 5 rings (SSSR count). The fraction of sp³-hybridized carbons (Fsp3) is 0.0870. The highest BCUT2D eigenvalue weighted by molar-refractivity contribution is 8.30. The predicted octanol–water partition coefficient (Wildman–Crippen LogP) is 3.27. The van der Waals surface area contributed by atoms with Crippen molar-refractivity contribution in [3.05, 3.63) is 89.3 Å². The summed E-state index contributed by atoms with van der Waals surface area (Å²) in [5, 5.41) is 12.0. The van der Waals surface area contributed by atoms with Gasteiger partial charge in [0.25, 0.3) is 17.2 Å². The summed E-state index contributed by atoms with van der Waals surface area (Å²) in [5.41, 5.74) is 1.17. The van der Waals surface area contributed by atoms with Gasteiger partial charge >= 0.3 is 0 Å². The number of hydrogen-bond donors (Lipinski definition) is 0.